The van der Waals surface area contributed by atoms with Gasteiger partial charge >= 0.3 is 16.5 Å². The van der Waals surface area contributed by atoms with Crippen molar-refractivity contribution in [2.45, 2.75) is 13.3 Å². The molecule has 30 valence electrons. The number of hydrogen-bond donors (Lipinski definition) is 1. The van der Waals surface area contributed by atoms with Crippen molar-refractivity contribution in [1.29, 1.82) is 0 Å². The lowest BCUT2D eigenvalue weighted by Crippen LogP contribution is -2.07. The van der Waals surface area contributed by atoms with Crippen molar-refractivity contribution >= 4 is 16.5 Å². The molecule has 0 atom stereocenters. The zero-order valence-corrected chi connectivity index (χ0v) is 5.91. The molecule has 0 fully saturated rings. The molecule has 0 unspecified atom stereocenters. The van der Waals surface area contributed by atoms with Crippen LogP contribution in [-0.4, -0.2) is 23.1 Å². The standard InChI is InChI=1S/C3H8N.Al.2H/c1-2-3-4;;;/h4H,2-3H2,1H3;;;/q-1;+1;;. The van der Waals surface area contributed by atoms with Crippen LogP contribution in [0.15, 0.2) is 0 Å². The normalized spacial score (nSPS) is 8.20. The predicted octanol–water partition coefficient (Wildman–Crippen LogP) is -0.466. The van der Waals surface area contributed by atoms with Gasteiger partial charge < -0.3 is 4.30 Å². The van der Waals surface area contributed by atoms with Crippen molar-refractivity contribution in [3.63, 3.8) is 0 Å². The van der Waals surface area contributed by atoms with Gasteiger partial charge in [0.15, 0.2) is 0 Å². The molecule has 0 aromatic carbocycles. The molecule has 0 rings (SSSR count). The van der Waals surface area contributed by atoms with Crippen molar-refractivity contribution in [2.24, 2.45) is 0 Å². The van der Waals surface area contributed by atoms with E-state index in [1.807, 2.05) is 0 Å². The molecule has 2 heteroatoms. The molecule has 0 aromatic heterocycles. The first kappa shape index (κ1) is 5.49. The van der Waals surface area contributed by atoms with E-state index in [2.05, 4.69) is 11.2 Å². The lowest BCUT2D eigenvalue weighted by atomic mass is 10.5. The molecule has 0 aliphatic rings. The van der Waals surface area contributed by atoms with E-state index < -0.39 is 0 Å². The van der Waals surface area contributed by atoms with Crippen molar-refractivity contribution in [2.75, 3.05) is 6.54 Å². The predicted molar refractivity (Wildman–Crippen MR) is 26.8 cm³/mol. The van der Waals surface area contributed by atoms with Crippen LogP contribution in [0.5, 0.6) is 0 Å². The van der Waals surface area contributed by atoms with Crippen LogP contribution in [0, 0.1) is 0 Å². The smallest absolute Gasteiger partial charge is 0.318 e. The Morgan fingerprint density at radius 3 is 2.40 bits per heavy atom. The molecule has 0 saturated heterocycles. The molecule has 5 heavy (non-hydrogen) atoms. The summed E-state index contributed by atoms with van der Waals surface area (Å²) in [5, 5.41) is 0. The summed E-state index contributed by atoms with van der Waals surface area (Å²) in [5.41, 5.74) is 0. The second kappa shape index (κ2) is 4.49. The Morgan fingerprint density at radius 2 is 2.40 bits per heavy atom. The Labute approximate surface area is 41.4 Å². The maximum Gasteiger partial charge on any atom is 0.318 e. The first-order valence-electron chi connectivity index (χ1n) is 2.06. The maximum atomic E-state index is 3.16. The highest BCUT2D eigenvalue weighted by molar-refractivity contribution is 6.04. The van der Waals surface area contributed by atoms with E-state index in [0.29, 0.717) is 0 Å². The van der Waals surface area contributed by atoms with Crippen molar-refractivity contribution in [3.8, 4) is 0 Å². The van der Waals surface area contributed by atoms with Crippen molar-refractivity contribution in [3.05, 3.63) is 0 Å². The van der Waals surface area contributed by atoms with Crippen LogP contribution in [-0.2, 0) is 0 Å². The lowest BCUT2D eigenvalue weighted by Gasteiger charge is -1.85. The van der Waals surface area contributed by atoms with E-state index in [-0.39, 0.29) is 0 Å². The summed E-state index contributed by atoms with van der Waals surface area (Å²) in [5.74, 6) is 0. The van der Waals surface area contributed by atoms with Crippen molar-refractivity contribution in [1.82, 2.24) is 4.30 Å². The van der Waals surface area contributed by atoms with Crippen LogP contribution in [0.1, 0.15) is 13.3 Å². The minimum Gasteiger partial charge on any atom is -0.404 e. The van der Waals surface area contributed by atoms with Gasteiger partial charge in [-0.15, -0.1) is 0 Å². The van der Waals surface area contributed by atoms with Gasteiger partial charge in [0, 0.05) is 0 Å². The fourth-order valence-electron chi connectivity index (χ4n) is 0.250. The molecule has 0 aliphatic carbocycles. The minimum atomic E-state index is 1.15. The Bertz CT molecular complexity index is 14.4. The van der Waals surface area contributed by atoms with Crippen LogP contribution < -0.4 is 4.30 Å². The SMILES string of the molecule is CCC[NH][AlH2]. The second-order valence-electron chi connectivity index (χ2n) is 1.10. The van der Waals surface area contributed by atoms with E-state index in [9.17, 15) is 0 Å². The Hall–Kier alpha value is 0.492. The molecule has 0 spiro atoms. The Balaban J connectivity index is 2.19. The molecular weight excluding hydrogens is 77.0 g/mol. The highest BCUT2D eigenvalue weighted by atomic mass is 27.1. The van der Waals surface area contributed by atoms with Gasteiger partial charge in [0.2, 0.25) is 0 Å². The van der Waals surface area contributed by atoms with E-state index >= 15 is 0 Å². The molecule has 0 saturated carbocycles. The number of rotatable bonds is 2. The molecule has 0 aliphatic heterocycles. The van der Waals surface area contributed by atoms with Gasteiger partial charge in [-0.3, -0.25) is 0 Å². The van der Waals surface area contributed by atoms with Gasteiger partial charge in [-0.1, -0.05) is 6.92 Å². The molecule has 1 nitrogen and oxygen atoms in total. The van der Waals surface area contributed by atoms with E-state index in [0.717, 1.165) is 16.5 Å². The summed E-state index contributed by atoms with van der Waals surface area (Å²) in [6.07, 6.45) is 1.27. The summed E-state index contributed by atoms with van der Waals surface area (Å²) in [4.78, 5) is 0. The Kier molecular flexibility index (Phi) is 4.93. The monoisotopic (exact) mass is 87.1 g/mol. The lowest BCUT2D eigenvalue weighted by molar-refractivity contribution is 0.868. The van der Waals surface area contributed by atoms with E-state index in [1.54, 1.807) is 0 Å². The van der Waals surface area contributed by atoms with Gasteiger partial charge in [-0.2, -0.15) is 0 Å². The van der Waals surface area contributed by atoms with Crippen LogP contribution in [0.4, 0.5) is 0 Å². The minimum absolute atomic E-state index is 1.15. The summed E-state index contributed by atoms with van der Waals surface area (Å²) < 4.78 is 3.16. The highest BCUT2D eigenvalue weighted by Crippen LogP contribution is 1.61. The summed E-state index contributed by atoms with van der Waals surface area (Å²) >= 11 is 1.15. The van der Waals surface area contributed by atoms with E-state index in [4.69, 9.17) is 0 Å². The molecule has 0 heterocycles. The summed E-state index contributed by atoms with van der Waals surface area (Å²) in [7, 11) is 0. The Morgan fingerprint density at radius 1 is 1.80 bits per heavy atom. The second-order valence-corrected chi connectivity index (χ2v) is 1.81. The van der Waals surface area contributed by atoms with E-state index in [1.165, 1.54) is 13.0 Å². The molecule has 0 radical (unpaired) electrons. The first-order chi connectivity index (χ1) is 2.41. The molecule has 0 bridgehead atoms. The topological polar surface area (TPSA) is 12.0 Å². The first-order valence-corrected chi connectivity index (χ1v) is 3.06. The third-order valence-corrected chi connectivity index (χ3v) is 1.000. The zero-order valence-electron chi connectivity index (χ0n) is 3.91. The average Bonchev–Trinajstić information content (AvgIpc) is 1.41. The van der Waals surface area contributed by atoms with Gasteiger partial charge in [0.05, 0.1) is 0 Å². The van der Waals surface area contributed by atoms with Gasteiger partial charge in [-0.05, 0) is 13.0 Å². The quantitative estimate of drug-likeness (QED) is 0.449. The van der Waals surface area contributed by atoms with Crippen LogP contribution in [0.25, 0.3) is 0 Å². The van der Waals surface area contributed by atoms with Gasteiger partial charge in [0.1, 0.15) is 0 Å². The molecule has 0 aromatic rings. The molecule has 1 N–H and O–H groups in total. The third-order valence-electron chi connectivity index (χ3n) is 0.500. The fraction of sp³-hybridized carbons (Fsp3) is 1.00. The molecular formula is C3H10AlN. The number of nitrogens with one attached hydrogen (secondary N) is 1. The van der Waals surface area contributed by atoms with Crippen LogP contribution in [0.3, 0.4) is 0 Å². The average molecular weight is 87.1 g/mol. The third kappa shape index (κ3) is 4.49. The van der Waals surface area contributed by atoms with Gasteiger partial charge in [-0.25, -0.2) is 0 Å². The largest absolute Gasteiger partial charge is 0.404 e. The summed E-state index contributed by atoms with van der Waals surface area (Å²) in [6.45, 7) is 3.37. The highest BCUT2D eigenvalue weighted by Gasteiger charge is 1.65. The fourth-order valence-corrected chi connectivity index (χ4v) is 0.750. The van der Waals surface area contributed by atoms with Gasteiger partial charge in [0.25, 0.3) is 0 Å². The van der Waals surface area contributed by atoms with Crippen molar-refractivity contribution < 1.29 is 0 Å². The van der Waals surface area contributed by atoms with Crippen LogP contribution >= 0.6 is 0 Å². The summed E-state index contributed by atoms with van der Waals surface area (Å²) in [6, 6.07) is 0. The zero-order chi connectivity index (χ0) is 4.12. The van der Waals surface area contributed by atoms with Crippen LogP contribution in [0.2, 0.25) is 0 Å². The maximum absolute atomic E-state index is 3.16. The number of hydrogen-bond acceptors (Lipinski definition) is 1. The molecule has 0 amide bonds.